The predicted octanol–water partition coefficient (Wildman–Crippen LogP) is 4.29. The number of nitrogens with one attached hydrogen (secondary N) is 2. The maximum atomic E-state index is 13.0. The van der Waals surface area contributed by atoms with E-state index in [1.54, 1.807) is 0 Å². The van der Waals surface area contributed by atoms with Gasteiger partial charge in [-0.25, -0.2) is 4.39 Å². The zero-order valence-corrected chi connectivity index (χ0v) is 19.6. The van der Waals surface area contributed by atoms with Crippen LogP contribution in [0.15, 0.2) is 66.7 Å². The molecule has 182 valence electrons. The van der Waals surface area contributed by atoms with Crippen LogP contribution in [0.5, 0.6) is 11.5 Å². The molecule has 1 fully saturated rings. The third-order valence-corrected chi connectivity index (χ3v) is 6.64. The van der Waals surface area contributed by atoms with E-state index < -0.39 is 0 Å². The number of fused-ring (bicyclic) bond motifs is 1. The molecule has 0 saturated carbocycles. The molecule has 2 N–H and O–H groups in total. The second-order valence-corrected chi connectivity index (χ2v) is 9.01. The van der Waals surface area contributed by atoms with E-state index in [0.29, 0.717) is 23.9 Å². The molecule has 35 heavy (non-hydrogen) atoms. The van der Waals surface area contributed by atoms with Gasteiger partial charge in [0.05, 0.1) is 0 Å². The van der Waals surface area contributed by atoms with Crippen LogP contribution in [0.4, 0.5) is 10.1 Å². The minimum absolute atomic E-state index is 0.0988. The van der Waals surface area contributed by atoms with Crippen molar-refractivity contribution >= 4 is 11.6 Å². The Bertz CT molecular complexity index is 1140. The number of nitrogens with zero attached hydrogens (tertiary/aromatic N) is 1. The van der Waals surface area contributed by atoms with E-state index in [9.17, 15) is 9.18 Å². The van der Waals surface area contributed by atoms with Crippen molar-refractivity contribution in [2.75, 3.05) is 31.3 Å². The lowest BCUT2D eigenvalue weighted by Crippen LogP contribution is -2.43. The second kappa shape index (κ2) is 10.8. The zero-order valence-electron chi connectivity index (χ0n) is 19.6. The average Bonchev–Trinajstić information content (AvgIpc) is 3.37. The third-order valence-electron chi connectivity index (χ3n) is 6.64. The van der Waals surface area contributed by atoms with E-state index in [1.165, 1.54) is 12.1 Å². The minimum atomic E-state index is -0.191. The molecule has 1 amide bonds. The highest BCUT2D eigenvalue weighted by molar-refractivity contribution is 5.94. The quantitative estimate of drug-likeness (QED) is 0.509. The fourth-order valence-corrected chi connectivity index (χ4v) is 4.57. The van der Waals surface area contributed by atoms with E-state index in [0.717, 1.165) is 61.5 Å². The van der Waals surface area contributed by atoms with E-state index >= 15 is 0 Å². The maximum Gasteiger partial charge on any atom is 0.251 e. The summed E-state index contributed by atoms with van der Waals surface area (Å²) in [6, 6.07) is 20.7. The first-order chi connectivity index (χ1) is 17.1. The zero-order chi connectivity index (χ0) is 24.0. The van der Waals surface area contributed by atoms with Crippen LogP contribution in [0.25, 0.3) is 0 Å². The topological polar surface area (TPSA) is 62.8 Å². The molecule has 5 rings (SSSR count). The lowest BCUT2D eigenvalue weighted by Gasteiger charge is -2.34. The van der Waals surface area contributed by atoms with Gasteiger partial charge in [-0.05, 0) is 85.5 Å². The van der Waals surface area contributed by atoms with E-state index in [-0.39, 0.29) is 18.5 Å². The van der Waals surface area contributed by atoms with Crippen molar-refractivity contribution in [3.63, 3.8) is 0 Å². The number of anilines is 1. The van der Waals surface area contributed by atoms with Gasteiger partial charge in [-0.15, -0.1) is 0 Å². The number of halogens is 1. The number of rotatable bonds is 8. The molecule has 7 heteroatoms. The molecule has 1 saturated heterocycles. The Morgan fingerprint density at radius 1 is 0.914 bits per heavy atom. The van der Waals surface area contributed by atoms with E-state index in [2.05, 4.69) is 15.5 Å². The molecule has 0 aromatic heterocycles. The Morgan fingerprint density at radius 3 is 2.40 bits per heavy atom. The van der Waals surface area contributed by atoms with Crippen molar-refractivity contribution in [2.24, 2.45) is 0 Å². The highest BCUT2D eigenvalue weighted by Gasteiger charge is 2.19. The first-order valence-electron chi connectivity index (χ1n) is 12.1. The Hall–Kier alpha value is -3.58. The minimum Gasteiger partial charge on any atom is -0.454 e. The summed E-state index contributed by atoms with van der Waals surface area (Å²) < 4.78 is 23.7. The second-order valence-electron chi connectivity index (χ2n) is 9.01. The van der Waals surface area contributed by atoms with Gasteiger partial charge in [0.2, 0.25) is 6.79 Å². The van der Waals surface area contributed by atoms with Crippen LogP contribution in [0.1, 0.15) is 34.3 Å². The summed E-state index contributed by atoms with van der Waals surface area (Å²) in [6.07, 6.45) is 3.04. The van der Waals surface area contributed by atoms with Crippen molar-refractivity contribution < 1.29 is 18.7 Å². The Balaban J connectivity index is 1.05. The van der Waals surface area contributed by atoms with Crippen molar-refractivity contribution in [1.29, 1.82) is 0 Å². The molecule has 0 spiro atoms. The number of carbonyl (C=O) groups is 1. The van der Waals surface area contributed by atoms with Gasteiger partial charge in [-0.2, -0.15) is 0 Å². The molecule has 3 aromatic carbocycles. The van der Waals surface area contributed by atoms with Crippen molar-refractivity contribution in [3.05, 3.63) is 89.2 Å². The fraction of sp³-hybridized carbons (Fsp3) is 0.321. The van der Waals surface area contributed by atoms with Crippen LogP contribution in [0, 0.1) is 5.82 Å². The fourth-order valence-electron chi connectivity index (χ4n) is 4.57. The van der Waals surface area contributed by atoms with Crippen molar-refractivity contribution in [3.8, 4) is 11.5 Å². The molecule has 2 aliphatic rings. The van der Waals surface area contributed by atoms with Crippen LogP contribution in [-0.2, 0) is 13.0 Å². The number of carbonyl (C=O) groups excluding carboxylic acids is 1. The van der Waals surface area contributed by atoms with Crippen LogP contribution < -0.4 is 25.0 Å². The summed E-state index contributed by atoms with van der Waals surface area (Å²) in [5, 5.41) is 6.60. The highest BCUT2D eigenvalue weighted by Crippen LogP contribution is 2.32. The number of benzene rings is 3. The summed E-state index contributed by atoms with van der Waals surface area (Å²) in [5.74, 6) is 1.16. The largest absolute Gasteiger partial charge is 0.454 e. The van der Waals surface area contributed by atoms with Gasteiger partial charge in [0, 0.05) is 36.9 Å². The third kappa shape index (κ3) is 5.92. The summed E-state index contributed by atoms with van der Waals surface area (Å²) in [7, 11) is 0. The van der Waals surface area contributed by atoms with Gasteiger partial charge in [-0.1, -0.05) is 18.2 Å². The maximum absolute atomic E-state index is 13.0. The van der Waals surface area contributed by atoms with E-state index in [4.69, 9.17) is 9.47 Å². The summed E-state index contributed by atoms with van der Waals surface area (Å²) in [6.45, 7) is 3.52. The standard InChI is InChI=1S/C28H30FN3O3/c29-23-6-1-20(2-7-23)11-14-30-24-12-15-32(16-13-24)25-8-4-22(5-9-25)28(33)31-18-21-3-10-26-27(17-21)35-19-34-26/h1-10,17,24,30H,11-16,18-19H2,(H,31,33). The molecule has 2 heterocycles. The normalized spacial score (nSPS) is 15.3. The Morgan fingerprint density at radius 2 is 1.63 bits per heavy atom. The van der Waals surface area contributed by atoms with Crippen LogP contribution >= 0.6 is 0 Å². The lowest BCUT2D eigenvalue weighted by molar-refractivity contribution is 0.0951. The molecule has 0 radical (unpaired) electrons. The smallest absolute Gasteiger partial charge is 0.251 e. The molecule has 6 nitrogen and oxygen atoms in total. The molecular formula is C28H30FN3O3. The van der Waals surface area contributed by atoms with Gasteiger partial charge in [0.25, 0.3) is 5.91 Å². The summed E-state index contributed by atoms with van der Waals surface area (Å²) in [4.78, 5) is 15.0. The predicted molar refractivity (Wildman–Crippen MR) is 134 cm³/mol. The number of hydrogen-bond donors (Lipinski definition) is 2. The molecule has 3 aromatic rings. The van der Waals surface area contributed by atoms with E-state index in [1.807, 2.05) is 54.6 Å². The molecule has 0 unspecified atom stereocenters. The molecule has 0 atom stereocenters. The van der Waals surface area contributed by atoms with Gasteiger partial charge in [0.15, 0.2) is 11.5 Å². The number of piperidine rings is 1. The van der Waals surface area contributed by atoms with Gasteiger partial charge >= 0.3 is 0 Å². The highest BCUT2D eigenvalue weighted by atomic mass is 19.1. The molecule has 0 bridgehead atoms. The summed E-state index contributed by atoms with van der Waals surface area (Å²) in [5.41, 5.74) is 3.90. The van der Waals surface area contributed by atoms with Crippen LogP contribution in [-0.4, -0.2) is 38.4 Å². The van der Waals surface area contributed by atoms with Crippen LogP contribution in [0.3, 0.4) is 0 Å². The number of hydrogen-bond acceptors (Lipinski definition) is 5. The first-order valence-corrected chi connectivity index (χ1v) is 12.1. The molecular weight excluding hydrogens is 445 g/mol. The lowest BCUT2D eigenvalue weighted by atomic mass is 10.0. The average molecular weight is 476 g/mol. The van der Waals surface area contributed by atoms with Gasteiger partial charge in [0.1, 0.15) is 5.82 Å². The van der Waals surface area contributed by atoms with Crippen molar-refractivity contribution in [1.82, 2.24) is 10.6 Å². The van der Waals surface area contributed by atoms with Gasteiger partial charge in [-0.3, -0.25) is 4.79 Å². The van der Waals surface area contributed by atoms with Gasteiger partial charge < -0.3 is 25.0 Å². The Labute approximate surface area is 205 Å². The van der Waals surface area contributed by atoms with Crippen molar-refractivity contribution in [2.45, 2.75) is 31.8 Å². The first kappa shape index (κ1) is 23.2. The summed E-state index contributed by atoms with van der Waals surface area (Å²) >= 11 is 0. The number of amides is 1. The van der Waals surface area contributed by atoms with Crippen LogP contribution in [0.2, 0.25) is 0 Å². The monoisotopic (exact) mass is 475 g/mol. The number of ether oxygens (including phenoxy) is 2. The molecule has 2 aliphatic heterocycles. The Kier molecular flexibility index (Phi) is 7.14. The molecule has 0 aliphatic carbocycles. The SMILES string of the molecule is O=C(NCc1ccc2c(c1)OCO2)c1ccc(N2CCC(NCCc3ccc(F)cc3)CC2)cc1.